The zero-order valence-electron chi connectivity index (χ0n) is 11.5. The third kappa shape index (κ3) is 3.18. The first-order valence-corrected chi connectivity index (χ1v) is 9.04. The lowest BCUT2D eigenvalue weighted by atomic mass is 10.4. The van der Waals surface area contributed by atoms with E-state index in [-0.39, 0.29) is 18.0 Å². The Bertz CT molecular complexity index is 869. The van der Waals surface area contributed by atoms with Gasteiger partial charge in [0, 0.05) is 0 Å². The summed E-state index contributed by atoms with van der Waals surface area (Å²) >= 11 is 4.27. The van der Waals surface area contributed by atoms with Gasteiger partial charge in [0.05, 0.1) is 11.7 Å². The van der Waals surface area contributed by atoms with Crippen LogP contribution in [0, 0.1) is 0 Å². The van der Waals surface area contributed by atoms with Crippen molar-refractivity contribution in [2.75, 3.05) is 11.1 Å². The molecule has 1 amide bonds. The lowest BCUT2D eigenvalue weighted by Crippen LogP contribution is -2.27. The molecule has 3 aromatic heterocycles. The van der Waals surface area contributed by atoms with Crippen LogP contribution in [0.4, 0.5) is 5.13 Å². The predicted octanol–water partition coefficient (Wildman–Crippen LogP) is 2.06. The highest BCUT2D eigenvalue weighted by Gasteiger charge is 2.11. The largest absolute Gasteiger partial charge is 0.299 e. The minimum atomic E-state index is -0.331. The first kappa shape index (κ1) is 15.1. The van der Waals surface area contributed by atoms with Crippen molar-refractivity contribution < 1.29 is 4.79 Å². The van der Waals surface area contributed by atoms with E-state index in [2.05, 4.69) is 20.5 Å². The van der Waals surface area contributed by atoms with E-state index < -0.39 is 0 Å². The summed E-state index contributed by atoms with van der Waals surface area (Å²) in [5.41, 5.74) is -0.221. The quantitative estimate of drug-likeness (QED) is 0.558. The van der Waals surface area contributed by atoms with Crippen LogP contribution >= 0.6 is 34.4 Å². The number of aromatic nitrogens is 4. The molecule has 0 saturated carbocycles. The molecular formula is C12H11N5O2S3. The Hall–Kier alpha value is -1.78. The second kappa shape index (κ2) is 6.55. The summed E-state index contributed by atoms with van der Waals surface area (Å²) in [5.74, 6) is 0.562. The number of hydrogen-bond donors (Lipinski definition) is 1. The van der Waals surface area contributed by atoms with Gasteiger partial charge >= 0.3 is 0 Å². The zero-order chi connectivity index (χ0) is 15.5. The van der Waals surface area contributed by atoms with E-state index in [9.17, 15) is 9.59 Å². The molecule has 0 aromatic carbocycles. The van der Waals surface area contributed by atoms with Gasteiger partial charge in [-0.3, -0.25) is 19.5 Å². The summed E-state index contributed by atoms with van der Waals surface area (Å²) in [6.07, 6.45) is 1.39. The molecule has 0 aliphatic heterocycles. The molecule has 0 saturated heterocycles. The van der Waals surface area contributed by atoms with Gasteiger partial charge in [-0.2, -0.15) is 0 Å². The number of thiophene rings is 1. The average Bonchev–Trinajstić information content (AvgIpc) is 3.12. The fourth-order valence-corrected chi connectivity index (χ4v) is 4.15. The van der Waals surface area contributed by atoms with E-state index in [4.69, 9.17) is 0 Å². The molecule has 0 atom stereocenters. The molecule has 0 spiro atoms. The Balaban J connectivity index is 1.72. The van der Waals surface area contributed by atoms with Crippen LogP contribution in [-0.4, -0.2) is 31.4 Å². The molecule has 114 valence electrons. The van der Waals surface area contributed by atoms with Gasteiger partial charge < -0.3 is 0 Å². The van der Waals surface area contributed by atoms with Gasteiger partial charge in [0.25, 0.3) is 5.56 Å². The number of carbonyl (C=O) groups excluding carboxylic acids is 1. The normalized spacial score (nSPS) is 11.0. The molecule has 1 N–H and O–H groups in total. The van der Waals surface area contributed by atoms with E-state index in [1.165, 1.54) is 33.6 Å². The Morgan fingerprint density at radius 3 is 3.14 bits per heavy atom. The van der Waals surface area contributed by atoms with Crippen molar-refractivity contribution in [2.24, 2.45) is 0 Å². The fraction of sp³-hybridized carbons (Fsp3) is 0.250. The zero-order valence-corrected chi connectivity index (χ0v) is 13.9. The van der Waals surface area contributed by atoms with Crippen LogP contribution in [0.15, 0.2) is 26.9 Å². The number of rotatable bonds is 5. The minimum Gasteiger partial charge on any atom is -0.299 e. The monoisotopic (exact) mass is 353 g/mol. The van der Waals surface area contributed by atoms with Crippen LogP contribution in [0.2, 0.25) is 0 Å². The molecule has 10 heteroatoms. The number of amides is 1. The van der Waals surface area contributed by atoms with Crippen molar-refractivity contribution in [1.29, 1.82) is 0 Å². The number of thioether (sulfide) groups is 1. The predicted molar refractivity (Wildman–Crippen MR) is 88.8 cm³/mol. The number of anilines is 1. The number of carbonyl (C=O) groups is 1. The summed E-state index contributed by atoms with van der Waals surface area (Å²) in [5, 5.41) is 13.3. The van der Waals surface area contributed by atoms with Crippen LogP contribution < -0.4 is 10.9 Å². The van der Waals surface area contributed by atoms with E-state index in [0.29, 0.717) is 15.3 Å². The number of fused-ring (bicyclic) bond motifs is 1. The Kier molecular flexibility index (Phi) is 4.50. The molecule has 7 nitrogen and oxygen atoms in total. The van der Waals surface area contributed by atoms with E-state index in [1.807, 2.05) is 6.92 Å². The fourth-order valence-electron chi connectivity index (χ4n) is 1.76. The molecule has 0 aliphatic rings. The molecular weight excluding hydrogens is 342 g/mol. The Morgan fingerprint density at radius 2 is 2.32 bits per heavy atom. The van der Waals surface area contributed by atoms with Crippen molar-refractivity contribution in [3.05, 3.63) is 28.1 Å². The molecule has 3 aromatic rings. The molecule has 3 heterocycles. The van der Waals surface area contributed by atoms with Crippen LogP contribution in [0.1, 0.15) is 6.92 Å². The molecule has 22 heavy (non-hydrogen) atoms. The summed E-state index contributed by atoms with van der Waals surface area (Å²) in [7, 11) is 0. The van der Waals surface area contributed by atoms with E-state index in [1.54, 1.807) is 23.2 Å². The molecule has 0 unspecified atom stereocenters. The minimum absolute atomic E-state index is 0.104. The Morgan fingerprint density at radius 1 is 1.45 bits per heavy atom. The standard InChI is InChI=1S/C12H11N5O2S3/c1-2-20-12-16-15-11(22-12)14-8(18)5-17-6-13-9-7(10(17)19)3-4-21-9/h3-4,6H,2,5H2,1H3,(H,14,15,18). The van der Waals surface area contributed by atoms with Gasteiger partial charge in [-0.15, -0.1) is 21.5 Å². The molecule has 0 bridgehead atoms. The lowest BCUT2D eigenvalue weighted by molar-refractivity contribution is -0.116. The van der Waals surface area contributed by atoms with Crippen molar-refractivity contribution in [2.45, 2.75) is 17.8 Å². The maximum atomic E-state index is 12.2. The number of hydrogen-bond acceptors (Lipinski definition) is 8. The maximum absolute atomic E-state index is 12.2. The summed E-state index contributed by atoms with van der Waals surface area (Å²) in [6.45, 7) is 1.91. The lowest BCUT2D eigenvalue weighted by Gasteiger charge is -2.04. The van der Waals surface area contributed by atoms with Crippen LogP contribution in [-0.2, 0) is 11.3 Å². The van der Waals surface area contributed by atoms with Crippen LogP contribution in [0.3, 0.4) is 0 Å². The van der Waals surface area contributed by atoms with Crippen LogP contribution in [0.25, 0.3) is 10.2 Å². The third-order valence-electron chi connectivity index (χ3n) is 2.69. The second-order valence-corrected chi connectivity index (χ2v) is 7.55. The highest BCUT2D eigenvalue weighted by Crippen LogP contribution is 2.24. The van der Waals surface area contributed by atoms with Gasteiger partial charge in [-0.1, -0.05) is 30.0 Å². The van der Waals surface area contributed by atoms with Gasteiger partial charge in [0.1, 0.15) is 11.4 Å². The summed E-state index contributed by atoms with van der Waals surface area (Å²) in [6, 6.07) is 1.71. The first-order chi connectivity index (χ1) is 10.7. The molecule has 0 aliphatic carbocycles. The third-order valence-corrected chi connectivity index (χ3v) is 5.36. The Labute approximate surface area is 137 Å². The molecule has 0 radical (unpaired) electrons. The van der Waals surface area contributed by atoms with Crippen molar-refractivity contribution in [1.82, 2.24) is 19.7 Å². The topological polar surface area (TPSA) is 89.8 Å². The average molecular weight is 353 g/mol. The summed E-state index contributed by atoms with van der Waals surface area (Å²) in [4.78, 5) is 29.0. The smallest absolute Gasteiger partial charge is 0.262 e. The SMILES string of the molecule is CCSc1nnc(NC(=O)Cn2cnc3sccc3c2=O)s1. The van der Waals surface area contributed by atoms with Gasteiger partial charge in [0.15, 0.2) is 4.34 Å². The van der Waals surface area contributed by atoms with Gasteiger partial charge in [-0.05, 0) is 17.2 Å². The highest BCUT2D eigenvalue weighted by molar-refractivity contribution is 8.01. The maximum Gasteiger partial charge on any atom is 0.262 e. The van der Waals surface area contributed by atoms with Gasteiger partial charge in [-0.25, -0.2) is 4.98 Å². The van der Waals surface area contributed by atoms with Crippen molar-refractivity contribution in [3.8, 4) is 0 Å². The number of nitrogens with zero attached hydrogens (tertiary/aromatic N) is 4. The van der Waals surface area contributed by atoms with Crippen molar-refractivity contribution in [3.63, 3.8) is 0 Å². The number of nitrogens with one attached hydrogen (secondary N) is 1. The molecule has 3 rings (SSSR count). The highest BCUT2D eigenvalue weighted by atomic mass is 32.2. The first-order valence-electron chi connectivity index (χ1n) is 6.36. The van der Waals surface area contributed by atoms with Gasteiger partial charge in [0.2, 0.25) is 11.0 Å². The van der Waals surface area contributed by atoms with E-state index in [0.717, 1.165) is 10.1 Å². The molecule has 0 fully saturated rings. The van der Waals surface area contributed by atoms with Crippen LogP contribution in [0.5, 0.6) is 0 Å². The second-order valence-electron chi connectivity index (χ2n) is 4.17. The van der Waals surface area contributed by atoms with Crippen molar-refractivity contribution >= 4 is 55.7 Å². The summed E-state index contributed by atoms with van der Waals surface area (Å²) < 4.78 is 2.09. The van der Waals surface area contributed by atoms with E-state index >= 15 is 0 Å².